The van der Waals surface area contributed by atoms with Gasteiger partial charge in [-0.25, -0.2) is 9.78 Å². The lowest BCUT2D eigenvalue weighted by molar-refractivity contribution is -0.137. The van der Waals surface area contributed by atoms with Gasteiger partial charge in [0.2, 0.25) is 0 Å². The summed E-state index contributed by atoms with van der Waals surface area (Å²) in [5, 5.41) is 11.5. The summed E-state index contributed by atoms with van der Waals surface area (Å²) in [7, 11) is 0. The Balaban J connectivity index is 1.66. The number of carboxylic acids is 1. The SMILES string of the molecule is O=C(Nc1ccnc(C(=O)O)c1)c1ccc(Oc2ccc(C(F)(F)F)cc2)cc1. The number of benzene rings is 2. The molecule has 0 atom stereocenters. The van der Waals surface area contributed by atoms with Crippen molar-refractivity contribution in [3.05, 3.63) is 83.7 Å². The number of hydrogen-bond donors (Lipinski definition) is 2. The molecule has 0 saturated heterocycles. The number of nitrogens with zero attached hydrogens (tertiary/aromatic N) is 1. The number of halogens is 3. The Bertz CT molecular complexity index is 1030. The molecule has 0 aliphatic heterocycles. The summed E-state index contributed by atoms with van der Waals surface area (Å²) in [6, 6.07) is 12.8. The van der Waals surface area contributed by atoms with Crippen molar-refractivity contribution in [3.63, 3.8) is 0 Å². The zero-order chi connectivity index (χ0) is 21.0. The van der Waals surface area contributed by atoms with Gasteiger partial charge in [-0.1, -0.05) is 0 Å². The van der Waals surface area contributed by atoms with E-state index < -0.39 is 23.6 Å². The van der Waals surface area contributed by atoms with Gasteiger partial charge in [0.05, 0.1) is 5.56 Å². The van der Waals surface area contributed by atoms with E-state index in [1.807, 2.05) is 0 Å². The molecule has 0 fully saturated rings. The van der Waals surface area contributed by atoms with E-state index in [0.29, 0.717) is 5.75 Å². The van der Waals surface area contributed by atoms with Crippen molar-refractivity contribution in [2.45, 2.75) is 6.18 Å². The molecule has 1 heterocycles. The van der Waals surface area contributed by atoms with Crippen LogP contribution in [0.15, 0.2) is 66.9 Å². The Labute approximate surface area is 162 Å². The van der Waals surface area contributed by atoms with Gasteiger partial charge in [-0.2, -0.15) is 13.2 Å². The van der Waals surface area contributed by atoms with E-state index in [1.54, 1.807) is 0 Å². The molecule has 0 saturated carbocycles. The van der Waals surface area contributed by atoms with Gasteiger partial charge in [-0.3, -0.25) is 4.79 Å². The molecule has 0 unspecified atom stereocenters. The molecule has 0 aliphatic carbocycles. The third-order valence-electron chi connectivity index (χ3n) is 3.77. The van der Waals surface area contributed by atoms with Crippen LogP contribution in [0, 0.1) is 0 Å². The molecule has 3 aromatic rings. The highest BCUT2D eigenvalue weighted by atomic mass is 19.4. The largest absolute Gasteiger partial charge is 0.477 e. The number of carbonyl (C=O) groups is 2. The second-order valence-electron chi connectivity index (χ2n) is 5.84. The molecule has 0 spiro atoms. The number of ether oxygens (including phenoxy) is 1. The van der Waals surface area contributed by atoms with Crippen molar-refractivity contribution >= 4 is 17.6 Å². The first-order valence-corrected chi connectivity index (χ1v) is 8.18. The summed E-state index contributed by atoms with van der Waals surface area (Å²) in [6.07, 6.45) is -3.16. The Hall–Kier alpha value is -3.88. The maximum absolute atomic E-state index is 12.6. The zero-order valence-electron chi connectivity index (χ0n) is 14.6. The highest BCUT2D eigenvalue weighted by Gasteiger charge is 2.30. The number of hydrogen-bond acceptors (Lipinski definition) is 4. The lowest BCUT2D eigenvalue weighted by Gasteiger charge is -2.10. The normalized spacial score (nSPS) is 11.0. The van der Waals surface area contributed by atoms with Crippen molar-refractivity contribution in [1.82, 2.24) is 4.98 Å². The van der Waals surface area contributed by atoms with Crippen LogP contribution in [0.4, 0.5) is 18.9 Å². The van der Waals surface area contributed by atoms with Crippen LogP contribution in [0.3, 0.4) is 0 Å². The molecule has 2 aromatic carbocycles. The van der Waals surface area contributed by atoms with Crippen LogP contribution >= 0.6 is 0 Å². The molecule has 29 heavy (non-hydrogen) atoms. The first kappa shape index (κ1) is 19.9. The summed E-state index contributed by atoms with van der Waals surface area (Å²) < 4.78 is 43.2. The van der Waals surface area contributed by atoms with E-state index in [9.17, 15) is 22.8 Å². The van der Waals surface area contributed by atoms with Crippen molar-refractivity contribution < 1.29 is 32.6 Å². The minimum absolute atomic E-state index is 0.205. The summed E-state index contributed by atoms with van der Waals surface area (Å²) in [6.45, 7) is 0. The molecule has 0 aliphatic rings. The number of pyridine rings is 1. The summed E-state index contributed by atoms with van der Waals surface area (Å²) in [4.78, 5) is 26.8. The average Bonchev–Trinajstić information content (AvgIpc) is 2.68. The number of aromatic nitrogens is 1. The number of rotatable bonds is 5. The first-order valence-electron chi connectivity index (χ1n) is 8.18. The zero-order valence-corrected chi connectivity index (χ0v) is 14.6. The Morgan fingerprint density at radius 3 is 2.07 bits per heavy atom. The number of carbonyl (C=O) groups excluding carboxylic acids is 1. The lowest BCUT2D eigenvalue weighted by Crippen LogP contribution is -2.12. The van der Waals surface area contributed by atoms with Gasteiger partial charge in [0.25, 0.3) is 5.91 Å². The predicted octanol–water partition coefficient (Wildman–Crippen LogP) is 4.84. The molecule has 6 nitrogen and oxygen atoms in total. The quantitative estimate of drug-likeness (QED) is 0.637. The fourth-order valence-electron chi connectivity index (χ4n) is 2.35. The first-order chi connectivity index (χ1) is 13.7. The maximum Gasteiger partial charge on any atom is 0.416 e. The van der Waals surface area contributed by atoms with E-state index in [2.05, 4.69) is 10.3 Å². The molecular formula is C20H13F3N2O4. The van der Waals surface area contributed by atoms with Gasteiger partial charge in [0.1, 0.15) is 17.2 Å². The van der Waals surface area contributed by atoms with E-state index in [4.69, 9.17) is 9.84 Å². The van der Waals surface area contributed by atoms with E-state index >= 15 is 0 Å². The molecule has 3 rings (SSSR count). The highest BCUT2D eigenvalue weighted by molar-refractivity contribution is 6.04. The fourth-order valence-corrected chi connectivity index (χ4v) is 2.35. The minimum atomic E-state index is -4.42. The predicted molar refractivity (Wildman–Crippen MR) is 97.1 cm³/mol. The van der Waals surface area contributed by atoms with Crippen LogP contribution in [0.25, 0.3) is 0 Å². The molecule has 1 amide bonds. The highest BCUT2D eigenvalue weighted by Crippen LogP contribution is 2.31. The molecule has 2 N–H and O–H groups in total. The van der Waals surface area contributed by atoms with Gasteiger partial charge in [-0.15, -0.1) is 0 Å². The molecule has 0 bridgehead atoms. The van der Waals surface area contributed by atoms with Crippen molar-refractivity contribution in [3.8, 4) is 11.5 Å². The number of anilines is 1. The monoisotopic (exact) mass is 402 g/mol. The van der Waals surface area contributed by atoms with Gasteiger partial charge < -0.3 is 15.2 Å². The summed E-state index contributed by atoms with van der Waals surface area (Å²) >= 11 is 0. The van der Waals surface area contributed by atoms with E-state index in [0.717, 1.165) is 12.1 Å². The molecule has 9 heteroatoms. The topological polar surface area (TPSA) is 88.5 Å². The number of nitrogens with one attached hydrogen (secondary N) is 1. The van der Waals surface area contributed by atoms with Crippen LogP contribution in [-0.2, 0) is 6.18 Å². The molecular weight excluding hydrogens is 389 g/mol. The van der Waals surface area contributed by atoms with E-state index in [-0.39, 0.29) is 22.7 Å². The molecule has 148 valence electrons. The Morgan fingerprint density at radius 2 is 1.52 bits per heavy atom. The second kappa shape index (κ2) is 8.01. The number of carboxylic acid groups (broad SMARTS) is 1. The summed E-state index contributed by atoms with van der Waals surface area (Å²) in [5.74, 6) is -1.15. The van der Waals surface area contributed by atoms with Gasteiger partial charge >= 0.3 is 12.1 Å². The minimum Gasteiger partial charge on any atom is -0.477 e. The Kier molecular flexibility index (Phi) is 5.49. The maximum atomic E-state index is 12.6. The van der Waals surface area contributed by atoms with Crippen LogP contribution in [-0.4, -0.2) is 22.0 Å². The third-order valence-corrected chi connectivity index (χ3v) is 3.77. The van der Waals surface area contributed by atoms with Gasteiger partial charge in [0.15, 0.2) is 0 Å². The standard InChI is InChI=1S/C20H13F3N2O4/c21-20(22,23)13-3-7-16(8-4-13)29-15-5-1-12(2-6-15)18(26)25-14-9-10-24-17(11-14)19(27)28/h1-11H,(H,27,28)(H,24,25,26). The van der Waals surface area contributed by atoms with Crippen molar-refractivity contribution in [2.75, 3.05) is 5.32 Å². The number of amides is 1. The van der Waals surface area contributed by atoms with Gasteiger partial charge in [0, 0.05) is 17.4 Å². The average molecular weight is 402 g/mol. The molecule has 0 radical (unpaired) electrons. The third kappa shape index (κ3) is 5.10. The smallest absolute Gasteiger partial charge is 0.416 e. The van der Waals surface area contributed by atoms with Crippen LogP contribution in [0.1, 0.15) is 26.4 Å². The molecule has 1 aromatic heterocycles. The Morgan fingerprint density at radius 1 is 0.931 bits per heavy atom. The van der Waals surface area contributed by atoms with Crippen molar-refractivity contribution in [2.24, 2.45) is 0 Å². The van der Waals surface area contributed by atoms with Crippen LogP contribution < -0.4 is 10.1 Å². The number of alkyl halides is 3. The van der Waals surface area contributed by atoms with Crippen LogP contribution in [0.2, 0.25) is 0 Å². The number of aromatic carboxylic acids is 1. The van der Waals surface area contributed by atoms with E-state index in [1.165, 1.54) is 54.7 Å². The van der Waals surface area contributed by atoms with Gasteiger partial charge in [-0.05, 0) is 60.7 Å². The second-order valence-corrected chi connectivity index (χ2v) is 5.84. The van der Waals surface area contributed by atoms with Crippen molar-refractivity contribution in [1.29, 1.82) is 0 Å². The fraction of sp³-hybridized carbons (Fsp3) is 0.0500. The van der Waals surface area contributed by atoms with Crippen LogP contribution in [0.5, 0.6) is 11.5 Å². The summed E-state index contributed by atoms with van der Waals surface area (Å²) in [5.41, 5.74) is -0.437. The lowest BCUT2D eigenvalue weighted by atomic mass is 10.2.